The van der Waals surface area contributed by atoms with Crippen molar-refractivity contribution in [2.75, 3.05) is 39.3 Å². The Bertz CT molecular complexity index is 1660. The molecule has 6 rings (SSSR count). The van der Waals surface area contributed by atoms with Gasteiger partial charge in [0.05, 0.1) is 34.8 Å². The number of benzene rings is 2. The van der Waals surface area contributed by atoms with E-state index < -0.39 is 40.5 Å². The predicted octanol–water partition coefficient (Wildman–Crippen LogP) is 5.43. The molecular weight excluding hydrogens is 660 g/mol. The second-order valence-electron chi connectivity index (χ2n) is 13.1. The number of nitrogens with two attached hydrogens (primary N) is 1. The first-order valence-electron chi connectivity index (χ1n) is 16.6. The number of rotatable bonds is 9. The Balaban J connectivity index is 1.18. The van der Waals surface area contributed by atoms with Crippen LogP contribution in [0.4, 0.5) is 8.78 Å². The molecule has 2 N–H and O–H groups in total. The average molecular weight is 702 g/mol. The predicted molar refractivity (Wildman–Crippen MR) is 180 cm³/mol. The number of alkyl halides is 2. The van der Waals surface area contributed by atoms with Crippen LogP contribution in [0.5, 0.6) is 5.75 Å². The minimum Gasteiger partial charge on any atom is -0.493 e. The monoisotopic (exact) mass is 701 g/mol. The van der Waals surface area contributed by atoms with Crippen LogP contribution in [0.3, 0.4) is 0 Å². The molecule has 3 heterocycles. The Kier molecular flexibility index (Phi) is 10.7. The van der Waals surface area contributed by atoms with Crippen LogP contribution in [0.2, 0.25) is 5.02 Å². The second-order valence-corrected chi connectivity index (χ2v) is 15.5. The molecule has 3 aliphatic rings. The summed E-state index contributed by atoms with van der Waals surface area (Å²) in [6.07, 6.45) is 7.44. The van der Waals surface area contributed by atoms with Gasteiger partial charge in [-0.3, -0.25) is 14.7 Å². The molecule has 1 amide bonds. The van der Waals surface area contributed by atoms with Crippen molar-refractivity contribution in [2.45, 2.75) is 68.0 Å². The molecule has 3 fully saturated rings. The van der Waals surface area contributed by atoms with Gasteiger partial charge in [-0.15, -0.1) is 0 Å². The number of sulfonamides is 1. The molecule has 2 aliphatic heterocycles. The van der Waals surface area contributed by atoms with Gasteiger partial charge in [0.2, 0.25) is 15.9 Å². The first kappa shape index (κ1) is 34.7. The molecule has 2 saturated heterocycles. The summed E-state index contributed by atoms with van der Waals surface area (Å²) in [5, 5.41) is 0.549. The van der Waals surface area contributed by atoms with Gasteiger partial charge in [-0.25, -0.2) is 17.2 Å². The number of nitrogens with zero attached hydrogens (tertiary/aromatic N) is 4. The summed E-state index contributed by atoms with van der Waals surface area (Å²) < 4.78 is 64.5. The summed E-state index contributed by atoms with van der Waals surface area (Å²) in [5.41, 5.74) is 8.28. The van der Waals surface area contributed by atoms with Crippen LogP contribution < -0.4 is 10.5 Å². The Morgan fingerprint density at radius 2 is 1.69 bits per heavy atom. The number of amides is 1. The highest BCUT2D eigenvalue weighted by atomic mass is 35.5. The third-order valence-corrected chi connectivity index (χ3v) is 11.8. The number of piperazine rings is 1. The van der Waals surface area contributed by atoms with Gasteiger partial charge < -0.3 is 15.4 Å². The lowest BCUT2D eigenvalue weighted by Gasteiger charge is -2.43. The summed E-state index contributed by atoms with van der Waals surface area (Å²) in [6, 6.07) is 15.1. The molecule has 9 nitrogen and oxygen atoms in total. The molecule has 1 aromatic heterocycles. The molecular formula is C35H42ClF2N5O4S. The molecule has 3 aromatic rings. The maximum Gasteiger partial charge on any atom is 0.280 e. The molecule has 0 unspecified atom stereocenters. The number of pyridine rings is 1. The molecule has 258 valence electrons. The Hall–Kier alpha value is -3.16. The van der Waals surface area contributed by atoms with Gasteiger partial charge in [0.25, 0.3) is 5.92 Å². The van der Waals surface area contributed by atoms with Crippen LogP contribution in [-0.2, 0) is 21.4 Å². The van der Waals surface area contributed by atoms with Gasteiger partial charge >= 0.3 is 0 Å². The molecule has 1 saturated carbocycles. The Morgan fingerprint density at radius 3 is 2.35 bits per heavy atom. The van der Waals surface area contributed by atoms with Crippen LogP contribution in [0, 0.1) is 5.92 Å². The smallest absolute Gasteiger partial charge is 0.280 e. The maximum absolute atomic E-state index is 14.6. The number of hydrogen-bond acceptors (Lipinski definition) is 7. The van der Waals surface area contributed by atoms with Crippen molar-refractivity contribution in [3.63, 3.8) is 0 Å². The molecule has 48 heavy (non-hydrogen) atoms. The van der Waals surface area contributed by atoms with E-state index in [0.29, 0.717) is 36.4 Å². The zero-order valence-electron chi connectivity index (χ0n) is 26.8. The topological polar surface area (TPSA) is 109 Å². The van der Waals surface area contributed by atoms with E-state index in [-0.39, 0.29) is 31.0 Å². The van der Waals surface area contributed by atoms with Crippen molar-refractivity contribution in [1.29, 1.82) is 0 Å². The number of carbonyl (C=O) groups is 1. The minimum atomic E-state index is -4.15. The van der Waals surface area contributed by atoms with Gasteiger partial charge in [-0.05, 0) is 67.1 Å². The van der Waals surface area contributed by atoms with Crippen molar-refractivity contribution in [1.82, 2.24) is 19.1 Å². The second kappa shape index (κ2) is 14.8. The highest BCUT2D eigenvalue weighted by molar-refractivity contribution is 7.89. The van der Waals surface area contributed by atoms with E-state index >= 15 is 0 Å². The Labute approximate surface area is 286 Å². The Morgan fingerprint density at radius 1 is 0.958 bits per heavy atom. The van der Waals surface area contributed by atoms with Gasteiger partial charge in [-0.1, -0.05) is 55.1 Å². The van der Waals surface area contributed by atoms with E-state index in [1.54, 1.807) is 24.4 Å². The normalized spacial score (nSPS) is 22.8. The average Bonchev–Trinajstić information content (AvgIpc) is 3.09. The molecule has 0 bridgehead atoms. The van der Waals surface area contributed by atoms with Crippen molar-refractivity contribution in [3.05, 3.63) is 77.4 Å². The van der Waals surface area contributed by atoms with E-state index in [9.17, 15) is 22.0 Å². The molecule has 0 spiro atoms. The summed E-state index contributed by atoms with van der Waals surface area (Å²) in [7, 11) is -4.15. The van der Waals surface area contributed by atoms with E-state index in [0.717, 1.165) is 34.6 Å². The number of hydrogen-bond donors (Lipinski definition) is 1. The summed E-state index contributed by atoms with van der Waals surface area (Å²) in [5.74, 6) is -2.83. The van der Waals surface area contributed by atoms with Crippen molar-refractivity contribution < 1.29 is 26.7 Å². The SMILES string of the molecule is N[C@H]1CCN(C(=O)[C@@H]2CN(Cc3ccc(-c4ccc(Cl)cn4)cc3)CCN2S(=O)(=O)c2ccc(OCC3CCCCC3)cc2)CC1(F)F. The van der Waals surface area contributed by atoms with E-state index in [1.807, 2.05) is 35.2 Å². The standard InChI is InChI=1S/C35H42ClF2N5O4S/c36-28-10-15-31(40-20-28)27-8-6-25(7-9-27)21-41-18-19-43(32(22-41)34(44)42-17-16-33(39)35(37,38)24-42)48(45,46)30-13-11-29(12-14-30)47-23-26-4-2-1-3-5-26/h6-15,20,26,32-33H,1-5,16-19,21-24,39H2/t32-,33-/m0/s1. The quantitative estimate of drug-likeness (QED) is 0.317. The molecule has 13 heteroatoms. The number of aromatic nitrogens is 1. The third-order valence-electron chi connectivity index (χ3n) is 9.69. The van der Waals surface area contributed by atoms with E-state index in [1.165, 1.54) is 35.7 Å². The molecule has 0 radical (unpaired) electrons. The minimum absolute atomic E-state index is 0.0230. The fourth-order valence-corrected chi connectivity index (χ4v) is 8.48. The van der Waals surface area contributed by atoms with E-state index in [4.69, 9.17) is 22.1 Å². The van der Waals surface area contributed by atoms with Gasteiger partial charge in [0.15, 0.2) is 0 Å². The maximum atomic E-state index is 14.6. The fraction of sp³-hybridized carbons (Fsp3) is 0.486. The van der Waals surface area contributed by atoms with Crippen molar-refractivity contribution in [3.8, 4) is 17.0 Å². The van der Waals surface area contributed by atoms with Gasteiger partial charge in [0.1, 0.15) is 11.8 Å². The highest BCUT2D eigenvalue weighted by Crippen LogP contribution is 2.31. The third kappa shape index (κ3) is 8.00. The molecule has 2 atom stereocenters. The van der Waals surface area contributed by atoms with Gasteiger partial charge in [-0.2, -0.15) is 4.31 Å². The first-order chi connectivity index (χ1) is 23.0. The van der Waals surface area contributed by atoms with Crippen LogP contribution >= 0.6 is 11.6 Å². The number of carbonyl (C=O) groups excluding carboxylic acids is 1. The van der Waals surface area contributed by atoms with E-state index in [2.05, 4.69) is 4.98 Å². The summed E-state index contributed by atoms with van der Waals surface area (Å²) >= 11 is 5.97. The molecule has 2 aromatic carbocycles. The highest BCUT2D eigenvalue weighted by Gasteiger charge is 2.48. The van der Waals surface area contributed by atoms with Crippen molar-refractivity contribution >= 4 is 27.5 Å². The van der Waals surface area contributed by atoms with Crippen LogP contribution in [0.15, 0.2) is 71.8 Å². The summed E-state index contributed by atoms with van der Waals surface area (Å²) in [4.78, 5) is 21.4. The van der Waals surface area contributed by atoms with Crippen molar-refractivity contribution in [2.24, 2.45) is 11.7 Å². The lowest BCUT2D eigenvalue weighted by molar-refractivity contribution is -0.149. The van der Waals surface area contributed by atoms with Crippen LogP contribution in [-0.4, -0.2) is 90.8 Å². The largest absolute Gasteiger partial charge is 0.493 e. The lowest BCUT2D eigenvalue weighted by Crippen LogP contribution is -2.64. The number of ether oxygens (including phenoxy) is 1. The number of halogens is 3. The number of likely N-dealkylation sites (tertiary alicyclic amines) is 1. The van der Waals surface area contributed by atoms with Gasteiger partial charge in [0, 0.05) is 44.5 Å². The number of piperidine rings is 1. The summed E-state index contributed by atoms with van der Waals surface area (Å²) in [6.45, 7) is 0.658. The van der Waals surface area contributed by atoms with Crippen LogP contribution in [0.1, 0.15) is 44.1 Å². The first-order valence-corrected chi connectivity index (χ1v) is 18.4. The van der Waals surface area contributed by atoms with Crippen LogP contribution in [0.25, 0.3) is 11.3 Å². The molecule has 1 aliphatic carbocycles. The lowest BCUT2D eigenvalue weighted by atomic mass is 9.90. The fourth-order valence-electron chi connectivity index (χ4n) is 6.81. The zero-order valence-corrected chi connectivity index (χ0v) is 28.4. The zero-order chi connectivity index (χ0) is 33.9.